The average Bonchev–Trinajstić information content (AvgIpc) is 3.82. The molecule has 3 amide bonds. The Bertz CT molecular complexity index is 2470. The number of amides is 3. The summed E-state index contributed by atoms with van der Waals surface area (Å²) in [6.07, 6.45) is 2.57. The monoisotopic (exact) mass is 876 g/mol. The first-order valence-electron chi connectivity index (χ1n) is 20.6. The summed E-state index contributed by atoms with van der Waals surface area (Å²) >= 11 is 7.83. The standard InChI is InChI=1S/C44H51ClF2N8O5S/c1-26-30-7-6-29(18-28(30)22-55(26)35-8-9-39(56)49-41(35)57)54-16-14-52(15-17-54)12-13-53-11-10-38(44(46,47)25-53)48-42(58)37-21-31-40(61-37)32(24-51(4)43(31)59)27-19-34(45)33(23-50(2)3)36(20-27)60-5/h6-7,18-21,24,35,38H,1,8-17,22-23,25H2,2-5H3,(H,48,58)(H,49,56,57). The van der Waals surface area contributed by atoms with Crippen LogP contribution in [-0.4, -0.2) is 133 Å². The lowest BCUT2D eigenvalue weighted by molar-refractivity contribution is -0.136. The number of likely N-dealkylation sites (tertiary alicyclic amines) is 1. The largest absolute Gasteiger partial charge is 0.496 e. The van der Waals surface area contributed by atoms with Crippen molar-refractivity contribution in [3.63, 3.8) is 0 Å². The number of piperazine rings is 1. The highest BCUT2D eigenvalue weighted by Crippen LogP contribution is 2.40. The van der Waals surface area contributed by atoms with Gasteiger partial charge in [-0.15, -0.1) is 11.3 Å². The number of aromatic nitrogens is 1. The summed E-state index contributed by atoms with van der Waals surface area (Å²) in [7, 11) is 7.06. The number of carbonyl (C=O) groups is 3. The molecule has 2 N–H and O–H groups in total. The zero-order chi connectivity index (χ0) is 43.3. The van der Waals surface area contributed by atoms with E-state index >= 15 is 8.78 Å². The normalized spacial score (nSPS) is 21.0. The molecular weight excluding hydrogens is 826 g/mol. The zero-order valence-corrected chi connectivity index (χ0v) is 36.4. The third kappa shape index (κ3) is 8.65. The van der Waals surface area contributed by atoms with Crippen molar-refractivity contribution in [3.8, 4) is 16.9 Å². The highest BCUT2D eigenvalue weighted by atomic mass is 35.5. The second kappa shape index (κ2) is 17.1. The Hall–Kier alpha value is -4.87. The molecule has 61 heavy (non-hydrogen) atoms. The van der Waals surface area contributed by atoms with E-state index < -0.39 is 30.5 Å². The van der Waals surface area contributed by atoms with Crippen LogP contribution in [0.5, 0.6) is 5.75 Å². The van der Waals surface area contributed by atoms with Gasteiger partial charge in [0.25, 0.3) is 17.4 Å². The summed E-state index contributed by atoms with van der Waals surface area (Å²) in [5.74, 6) is -3.72. The van der Waals surface area contributed by atoms with Gasteiger partial charge in [-0.1, -0.05) is 24.2 Å². The Morgan fingerprint density at radius 3 is 2.49 bits per heavy atom. The number of methoxy groups -OCH3 is 1. The van der Waals surface area contributed by atoms with Gasteiger partial charge in [-0.3, -0.25) is 34.3 Å². The number of thiophene rings is 1. The maximum Gasteiger partial charge on any atom is 0.280 e. The summed E-state index contributed by atoms with van der Waals surface area (Å²) in [6, 6.07) is 9.69. The molecule has 2 aromatic heterocycles. The van der Waals surface area contributed by atoms with Crippen LogP contribution in [0.4, 0.5) is 14.5 Å². The van der Waals surface area contributed by atoms with E-state index in [4.69, 9.17) is 16.3 Å². The van der Waals surface area contributed by atoms with Gasteiger partial charge in [-0.2, -0.15) is 0 Å². The topological polar surface area (TPSA) is 123 Å². The number of hydrogen-bond donors (Lipinski definition) is 2. The molecule has 3 fully saturated rings. The van der Waals surface area contributed by atoms with E-state index in [1.165, 1.54) is 10.6 Å². The number of carbonyl (C=O) groups excluding carboxylic acids is 3. The van der Waals surface area contributed by atoms with Crippen LogP contribution in [-0.2, 0) is 29.7 Å². The number of halogens is 3. The van der Waals surface area contributed by atoms with Crippen LogP contribution in [0.2, 0.25) is 5.02 Å². The first-order chi connectivity index (χ1) is 29.1. The number of ether oxygens (including phenoxy) is 1. The lowest BCUT2D eigenvalue weighted by Crippen LogP contribution is -2.59. The highest BCUT2D eigenvalue weighted by Gasteiger charge is 2.45. The Balaban J connectivity index is 0.852. The fourth-order valence-corrected chi connectivity index (χ4v) is 10.4. The first kappa shape index (κ1) is 42.8. The van der Waals surface area contributed by atoms with Crippen LogP contribution >= 0.6 is 22.9 Å². The van der Waals surface area contributed by atoms with Crippen molar-refractivity contribution in [2.45, 2.75) is 50.4 Å². The number of nitrogens with one attached hydrogen (secondary N) is 2. The molecule has 2 atom stereocenters. The van der Waals surface area contributed by atoms with Crippen molar-refractivity contribution in [3.05, 3.63) is 86.1 Å². The number of benzene rings is 2. The van der Waals surface area contributed by atoms with Gasteiger partial charge in [0.1, 0.15) is 11.8 Å². The minimum Gasteiger partial charge on any atom is -0.496 e. The van der Waals surface area contributed by atoms with Gasteiger partial charge >= 0.3 is 0 Å². The molecule has 4 aromatic rings. The van der Waals surface area contributed by atoms with Gasteiger partial charge in [0.2, 0.25) is 11.8 Å². The molecule has 6 heterocycles. The molecular formula is C44H51ClF2N8O5S. The van der Waals surface area contributed by atoms with Gasteiger partial charge in [0.15, 0.2) is 0 Å². The smallest absolute Gasteiger partial charge is 0.280 e. The van der Waals surface area contributed by atoms with Crippen molar-refractivity contribution in [1.29, 1.82) is 0 Å². The van der Waals surface area contributed by atoms with Crippen molar-refractivity contribution in [2.75, 3.05) is 78.5 Å². The number of aryl methyl sites for hydroxylation is 1. The van der Waals surface area contributed by atoms with E-state index in [1.54, 1.807) is 25.3 Å². The summed E-state index contributed by atoms with van der Waals surface area (Å²) in [4.78, 5) is 61.6. The minimum absolute atomic E-state index is 0.0910. The van der Waals surface area contributed by atoms with Crippen LogP contribution < -0.4 is 25.8 Å². The second-order valence-electron chi connectivity index (χ2n) is 16.8. The fraction of sp³-hybridized carbons (Fsp3) is 0.455. The Morgan fingerprint density at radius 1 is 1.03 bits per heavy atom. The van der Waals surface area contributed by atoms with E-state index in [9.17, 15) is 19.2 Å². The number of hydrogen-bond acceptors (Lipinski definition) is 11. The average molecular weight is 877 g/mol. The molecule has 13 nitrogen and oxygen atoms in total. The van der Waals surface area contributed by atoms with Gasteiger partial charge in [0.05, 0.1) is 30.0 Å². The highest BCUT2D eigenvalue weighted by molar-refractivity contribution is 7.21. The van der Waals surface area contributed by atoms with E-state index in [1.807, 2.05) is 36.0 Å². The maximum atomic E-state index is 15.7. The molecule has 0 bridgehead atoms. The van der Waals surface area contributed by atoms with Crippen LogP contribution in [0.1, 0.15) is 45.6 Å². The number of alkyl halides is 2. The Kier molecular flexibility index (Phi) is 12.0. The third-order valence-corrected chi connectivity index (χ3v) is 13.9. The van der Waals surface area contributed by atoms with Crippen LogP contribution in [0, 0.1) is 0 Å². The quantitative estimate of drug-likeness (QED) is 0.203. The first-order valence-corrected chi connectivity index (χ1v) is 21.7. The Labute approximate surface area is 362 Å². The number of fused-ring (bicyclic) bond motifs is 2. The number of nitrogens with zero attached hydrogens (tertiary/aromatic N) is 6. The van der Waals surface area contributed by atoms with Crippen molar-refractivity contribution < 1.29 is 27.9 Å². The van der Waals surface area contributed by atoms with E-state index in [0.717, 1.165) is 65.6 Å². The second-order valence-corrected chi connectivity index (χ2v) is 18.2. The molecule has 2 unspecified atom stereocenters. The van der Waals surface area contributed by atoms with Crippen molar-refractivity contribution in [2.24, 2.45) is 7.05 Å². The number of pyridine rings is 1. The number of piperidine rings is 2. The predicted molar refractivity (Wildman–Crippen MR) is 235 cm³/mol. The molecule has 0 aliphatic carbocycles. The van der Waals surface area contributed by atoms with Crippen LogP contribution in [0.15, 0.2) is 54.0 Å². The fourth-order valence-electron chi connectivity index (χ4n) is 9.01. The molecule has 324 valence electrons. The number of anilines is 1. The van der Waals surface area contributed by atoms with Crippen LogP contribution in [0.25, 0.3) is 26.9 Å². The Morgan fingerprint density at radius 2 is 1.79 bits per heavy atom. The minimum atomic E-state index is -3.15. The van der Waals surface area contributed by atoms with Crippen molar-refractivity contribution >= 4 is 62.1 Å². The predicted octanol–water partition coefficient (Wildman–Crippen LogP) is 4.84. The summed E-state index contributed by atoms with van der Waals surface area (Å²) < 4.78 is 39.1. The molecule has 17 heteroatoms. The molecule has 0 spiro atoms. The molecule has 8 rings (SSSR count). The number of rotatable bonds is 11. The summed E-state index contributed by atoms with van der Waals surface area (Å²) in [6.45, 7) is 9.62. The number of imide groups is 1. The van der Waals surface area contributed by atoms with E-state index in [-0.39, 0.29) is 28.7 Å². The molecule has 0 radical (unpaired) electrons. The molecule has 4 aliphatic heterocycles. The van der Waals surface area contributed by atoms with Gasteiger partial charge < -0.3 is 29.3 Å². The van der Waals surface area contributed by atoms with Gasteiger partial charge in [-0.25, -0.2) is 8.78 Å². The molecule has 2 aromatic carbocycles. The SMILES string of the molecule is C=C1c2ccc(N3CCN(CCN4CCC(NC(=O)c5cc6c(=O)n(C)cc(-c7cc(Cl)c(CN(C)C)c(OC)c7)c6s5)C(F)(F)C4)CC3)cc2CN1C1CCC(=O)NC1=O. The molecule has 0 saturated carbocycles. The summed E-state index contributed by atoms with van der Waals surface area (Å²) in [5, 5.41) is 5.87. The summed E-state index contributed by atoms with van der Waals surface area (Å²) in [5.41, 5.74) is 5.89. The van der Waals surface area contributed by atoms with E-state index in [0.29, 0.717) is 77.6 Å². The third-order valence-electron chi connectivity index (χ3n) is 12.4. The molecule has 3 saturated heterocycles. The zero-order valence-electron chi connectivity index (χ0n) is 34.9. The maximum absolute atomic E-state index is 15.7. The lowest BCUT2D eigenvalue weighted by atomic mass is 10.0. The molecule has 4 aliphatic rings. The lowest BCUT2D eigenvalue weighted by Gasteiger charge is -2.40. The van der Waals surface area contributed by atoms with E-state index in [2.05, 4.69) is 45.2 Å². The van der Waals surface area contributed by atoms with Crippen molar-refractivity contribution in [1.82, 2.24) is 34.8 Å². The van der Waals surface area contributed by atoms with Gasteiger partial charge in [-0.05, 0) is 68.4 Å². The van der Waals surface area contributed by atoms with Gasteiger partial charge in [0, 0.05) is 116 Å². The van der Waals surface area contributed by atoms with Crippen LogP contribution in [0.3, 0.4) is 0 Å².